The molecule has 0 spiro atoms. The molecule has 112 valence electrons. The van der Waals surface area contributed by atoms with Crippen LogP contribution in [0, 0.1) is 5.82 Å². The maximum Gasteiger partial charge on any atom is 0.251 e. The number of benzene rings is 1. The lowest BCUT2D eigenvalue weighted by atomic mass is 10.1. The topological polar surface area (TPSA) is 54.3 Å². The molecule has 0 aliphatic heterocycles. The number of aliphatic hydroxyl groups is 1. The second-order valence-electron chi connectivity index (χ2n) is 4.85. The first-order chi connectivity index (χ1) is 10.2. The van der Waals surface area contributed by atoms with Crippen LogP contribution in [0.3, 0.4) is 0 Å². The van der Waals surface area contributed by atoms with Gasteiger partial charge in [0.15, 0.2) is 0 Å². The quantitative estimate of drug-likeness (QED) is 0.859. The van der Waals surface area contributed by atoms with Gasteiger partial charge in [-0.05, 0) is 43.2 Å². The number of nitrogens with zero attached hydrogens (tertiary/aromatic N) is 1. The summed E-state index contributed by atoms with van der Waals surface area (Å²) < 4.78 is 15.8. The summed E-state index contributed by atoms with van der Waals surface area (Å²) in [5.74, 6) is -0.776. The molecule has 5 heteroatoms. The lowest BCUT2D eigenvalue weighted by Crippen LogP contribution is -2.35. The Labute approximate surface area is 123 Å². The predicted molar refractivity (Wildman–Crippen MR) is 79.0 cm³/mol. The third kappa shape index (κ3) is 3.70. The Bertz CT molecular complexity index is 596. The van der Waals surface area contributed by atoms with Gasteiger partial charge < -0.3 is 15.0 Å². The molecule has 0 fully saturated rings. The fraction of sp³-hybridized carbons (Fsp3) is 0.312. The van der Waals surface area contributed by atoms with Crippen molar-refractivity contribution < 1.29 is 14.3 Å². The summed E-state index contributed by atoms with van der Waals surface area (Å²) in [6.07, 6.45) is 4.70. The summed E-state index contributed by atoms with van der Waals surface area (Å²) in [5.41, 5.74) is 0.679. The molecule has 0 aliphatic carbocycles. The number of rotatable bonds is 6. The first-order valence-electron chi connectivity index (χ1n) is 7.00. The molecule has 21 heavy (non-hydrogen) atoms. The van der Waals surface area contributed by atoms with Crippen LogP contribution in [0.4, 0.5) is 4.39 Å². The number of nitrogens with one attached hydrogen (secondary N) is 1. The van der Waals surface area contributed by atoms with Gasteiger partial charge in [-0.15, -0.1) is 0 Å². The van der Waals surface area contributed by atoms with Crippen molar-refractivity contribution in [2.45, 2.75) is 25.8 Å². The second kappa shape index (κ2) is 7.04. The summed E-state index contributed by atoms with van der Waals surface area (Å²) in [7, 11) is 0. The Kier molecular flexibility index (Phi) is 5.11. The molecule has 1 unspecified atom stereocenters. The Morgan fingerprint density at radius 1 is 1.38 bits per heavy atom. The highest BCUT2D eigenvalue weighted by atomic mass is 19.1. The van der Waals surface area contributed by atoms with E-state index < -0.39 is 5.82 Å². The zero-order valence-corrected chi connectivity index (χ0v) is 11.9. The number of hydrogen-bond acceptors (Lipinski definition) is 2. The van der Waals surface area contributed by atoms with Crippen LogP contribution in [0.25, 0.3) is 5.69 Å². The van der Waals surface area contributed by atoms with Crippen LogP contribution in [0.1, 0.15) is 30.1 Å². The van der Waals surface area contributed by atoms with Gasteiger partial charge in [-0.25, -0.2) is 4.39 Å². The van der Waals surface area contributed by atoms with Crippen molar-refractivity contribution in [1.82, 2.24) is 9.88 Å². The van der Waals surface area contributed by atoms with Crippen molar-refractivity contribution in [3.8, 4) is 5.69 Å². The fourth-order valence-corrected chi connectivity index (χ4v) is 2.16. The predicted octanol–water partition coefficient (Wildman–Crippen LogP) is 2.51. The monoisotopic (exact) mass is 290 g/mol. The van der Waals surface area contributed by atoms with E-state index in [1.54, 1.807) is 41.2 Å². The lowest BCUT2D eigenvalue weighted by Gasteiger charge is -2.16. The van der Waals surface area contributed by atoms with Crippen LogP contribution in [-0.2, 0) is 0 Å². The molecule has 0 bridgehead atoms. The van der Waals surface area contributed by atoms with Crippen molar-refractivity contribution in [3.63, 3.8) is 0 Å². The van der Waals surface area contributed by atoms with Gasteiger partial charge in [0.25, 0.3) is 5.91 Å². The van der Waals surface area contributed by atoms with Gasteiger partial charge in [-0.3, -0.25) is 4.79 Å². The SMILES string of the molecule is CCC(CCO)NC(=O)c1ccc(-n2cccc2)c(F)c1. The molecule has 4 nitrogen and oxygen atoms in total. The third-order valence-electron chi connectivity index (χ3n) is 3.40. The summed E-state index contributed by atoms with van der Waals surface area (Å²) in [4.78, 5) is 12.1. The van der Waals surface area contributed by atoms with E-state index in [4.69, 9.17) is 5.11 Å². The molecule has 0 aliphatic rings. The molecular weight excluding hydrogens is 271 g/mol. The molecule has 1 aromatic carbocycles. The number of amides is 1. The fourth-order valence-electron chi connectivity index (χ4n) is 2.16. The van der Waals surface area contributed by atoms with Gasteiger partial charge >= 0.3 is 0 Å². The zero-order valence-electron chi connectivity index (χ0n) is 11.9. The summed E-state index contributed by atoms with van der Waals surface area (Å²) in [5, 5.41) is 11.7. The first kappa shape index (κ1) is 15.3. The molecule has 1 aromatic heterocycles. The van der Waals surface area contributed by atoms with E-state index in [1.165, 1.54) is 6.07 Å². The van der Waals surface area contributed by atoms with E-state index in [2.05, 4.69) is 5.32 Å². The van der Waals surface area contributed by atoms with Gasteiger partial charge in [0, 0.05) is 30.6 Å². The highest BCUT2D eigenvalue weighted by molar-refractivity contribution is 5.94. The van der Waals surface area contributed by atoms with Crippen molar-refractivity contribution in [1.29, 1.82) is 0 Å². The molecular formula is C16H19FN2O2. The maximum atomic E-state index is 14.1. The van der Waals surface area contributed by atoms with E-state index >= 15 is 0 Å². The lowest BCUT2D eigenvalue weighted by molar-refractivity contribution is 0.0928. The van der Waals surface area contributed by atoms with Crippen LogP contribution in [-0.4, -0.2) is 28.2 Å². The summed E-state index contributed by atoms with van der Waals surface area (Å²) in [6.45, 7) is 1.94. The van der Waals surface area contributed by atoms with Crippen molar-refractivity contribution in [3.05, 3.63) is 54.1 Å². The van der Waals surface area contributed by atoms with Gasteiger partial charge in [0.1, 0.15) is 5.82 Å². The number of aliphatic hydroxyl groups excluding tert-OH is 1. The van der Waals surface area contributed by atoms with Crippen LogP contribution >= 0.6 is 0 Å². The van der Waals surface area contributed by atoms with Gasteiger partial charge in [0.05, 0.1) is 5.69 Å². The van der Waals surface area contributed by atoms with E-state index in [0.717, 1.165) is 6.42 Å². The molecule has 2 aromatic rings. The van der Waals surface area contributed by atoms with Crippen LogP contribution < -0.4 is 5.32 Å². The molecule has 0 saturated heterocycles. The minimum absolute atomic E-state index is 0.0136. The minimum Gasteiger partial charge on any atom is -0.396 e. The molecule has 2 rings (SSSR count). The molecule has 0 saturated carbocycles. The average Bonchev–Trinajstić information content (AvgIpc) is 3.00. The Morgan fingerprint density at radius 2 is 2.10 bits per heavy atom. The average molecular weight is 290 g/mol. The highest BCUT2D eigenvalue weighted by Crippen LogP contribution is 2.15. The van der Waals surface area contributed by atoms with Crippen LogP contribution in [0.5, 0.6) is 0 Å². The van der Waals surface area contributed by atoms with Gasteiger partial charge in [-0.2, -0.15) is 0 Å². The number of carbonyl (C=O) groups excluding carboxylic acids is 1. The highest BCUT2D eigenvalue weighted by Gasteiger charge is 2.14. The molecule has 0 radical (unpaired) electrons. The Balaban J connectivity index is 2.14. The smallest absolute Gasteiger partial charge is 0.251 e. The molecule has 2 N–H and O–H groups in total. The number of hydrogen-bond donors (Lipinski definition) is 2. The Morgan fingerprint density at radius 3 is 2.67 bits per heavy atom. The standard InChI is InChI=1S/C16H19FN2O2/c1-2-13(7-10-20)18-16(21)12-5-6-15(14(17)11-12)19-8-3-4-9-19/h3-6,8-9,11,13,20H,2,7,10H2,1H3,(H,18,21). The molecule has 1 atom stereocenters. The van der Waals surface area contributed by atoms with E-state index in [1.807, 2.05) is 6.92 Å². The largest absolute Gasteiger partial charge is 0.396 e. The molecule has 1 heterocycles. The third-order valence-corrected chi connectivity index (χ3v) is 3.40. The van der Waals surface area contributed by atoms with Gasteiger partial charge in [0.2, 0.25) is 0 Å². The summed E-state index contributed by atoms with van der Waals surface area (Å²) >= 11 is 0. The number of halogens is 1. The summed E-state index contributed by atoms with van der Waals surface area (Å²) in [6, 6.07) is 7.92. The van der Waals surface area contributed by atoms with Crippen LogP contribution in [0.15, 0.2) is 42.7 Å². The van der Waals surface area contributed by atoms with Crippen molar-refractivity contribution >= 4 is 5.91 Å². The van der Waals surface area contributed by atoms with Crippen molar-refractivity contribution in [2.75, 3.05) is 6.61 Å². The van der Waals surface area contributed by atoms with E-state index in [9.17, 15) is 9.18 Å². The normalized spacial score (nSPS) is 12.1. The van der Waals surface area contributed by atoms with E-state index in [0.29, 0.717) is 12.1 Å². The zero-order chi connectivity index (χ0) is 15.2. The second-order valence-corrected chi connectivity index (χ2v) is 4.85. The van der Waals surface area contributed by atoms with Gasteiger partial charge in [-0.1, -0.05) is 6.92 Å². The minimum atomic E-state index is -0.450. The van der Waals surface area contributed by atoms with Crippen LogP contribution in [0.2, 0.25) is 0 Å². The molecule has 1 amide bonds. The maximum absolute atomic E-state index is 14.1. The van der Waals surface area contributed by atoms with E-state index in [-0.39, 0.29) is 24.1 Å². The first-order valence-corrected chi connectivity index (χ1v) is 7.00. The number of carbonyl (C=O) groups is 1. The van der Waals surface area contributed by atoms with Crippen molar-refractivity contribution in [2.24, 2.45) is 0 Å². The Hall–Kier alpha value is -2.14. The number of aromatic nitrogens is 1.